The number of nitrogens with zero attached hydrogens (tertiary/aromatic N) is 1. The van der Waals surface area contributed by atoms with Crippen molar-refractivity contribution in [3.8, 4) is 47.4 Å². The van der Waals surface area contributed by atoms with E-state index in [1.54, 1.807) is 0 Å². The monoisotopic (exact) mass is 891 g/mol. The van der Waals surface area contributed by atoms with Crippen LogP contribution in [0.1, 0.15) is 180 Å². The molecule has 0 spiro atoms. The number of ether oxygens (including phenoxy) is 4. The zero-order chi connectivity index (χ0) is 44.9. The molecule has 0 saturated carbocycles. The van der Waals surface area contributed by atoms with Crippen LogP contribution in [-0.2, 0) is 28.0 Å². The summed E-state index contributed by atoms with van der Waals surface area (Å²) in [4.78, 5) is 22.8. The molecule has 62 heavy (non-hydrogen) atoms. The van der Waals surface area contributed by atoms with Crippen LogP contribution >= 0.6 is 8.17 Å². The lowest BCUT2D eigenvalue weighted by molar-refractivity contribution is -0.870. The topological polar surface area (TPSA) is 119 Å². The van der Waals surface area contributed by atoms with Gasteiger partial charge in [-0.3, -0.25) is 0 Å². The van der Waals surface area contributed by atoms with Crippen LogP contribution in [0.2, 0.25) is 0 Å². The molecule has 0 saturated heterocycles. The predicted octanol–water partition coefficient (Wildman–Crippen LogP) is 9.50. The largest absolute Gasteiger partial charge is 0.606 e. The number of phosphoric acid groups is 1. The Labute approximate surface area is 380 Å². The molecule has 10 nitrogen and oxygen atoms in total. The van der Waals surface area contributed by atoms with Crippen LogP contribution in [0.3, 0.4) is 0 Å². The van der Waals surface area contributed by atoms with Crippen LogP contribution in [0.25, 0.3) is 0 Å². The van der Waals surface area contributed by atoms with Crippen molar-refractivity contribution in [1.29, 1.82) is 0 Å². The number of quaternary nitrogens is 1. The van der Waals surface area contributed by atoms with Crippen LogP contribution in [0.4, 0.5) is 0 Å². The van der Waals surface area contributed by atoms with Gasteiger partial charge in [-0.2, -0.15) is 13.9 Å². The van der Waals surface area contributed by atoms with Crippen molar-refractivity contribution < 1.29 is 47.4 Å². The molecule has 1 heterocycles. The lowest BCUT2D eigenvalue weighted by atomic mass is 10.1. The minimum Gasteiger partial charge on any atom is -0.606 e. The molecule has 1 rings (SSSR count). The van der Waals surface area contributed by atoms with E-state index >= 15 is 0 Å². The van der Waals surface area contributed by atoms with Crippen molar-refractivity contribution in [2.45, 2.75) is 192 Å². The van der Waals surface area contributed by atoms with Gasteiger partial charge in [-0.15, -0.1) is 0 Å². The number of phosphoric ester groups is 1. The summed E-state index contributed by atoms with van der Waals surface area (Å²) < 4.78 is 34.8. The molecular weight excluding hydrogens is 802 g/mol. The number of aliphatic hydroxyl groups is 1. The van der Waals surface area contributed by atoms with Crippen LogP contribution in [0.15, 0.2) is 0 Å². The first-order chi connectivity index (χ1) is 30.2. The third-order valence-electron chi connectivity index (χ3n) is 10.5. The highest BCUT2D eigenvalue weighted by Crippen LogP contribution is 2.47. The van der Waals surface area contributed by atoms with Crippen molar-refractivity contribution in [3.63, 3.8) is 0 Å². The average molecular weight is 891 g/mol. The highest BCUT2D eigenvalue weighted by molar-refractivity contribution is 7.52. The Balaban J connectivity index is 2.47. The van der Waals surface area contributed by atoms with Crippen LogP contribution in [0, 0.1) is 47.4 Å². The normalized spacial score (nSPS) is 23.0. The number of aliphatic hydroxyl groups excluding tert-OH is 1. The number of rotatable bonds is 8. The minimum atomic E-state index is -4.18. The first-order valence-corrected chi connectivity index (χ1v) is 26.0. The Hall–Kier alpha value is -1.73. The fourth-order valence-corrected chi connectivity index (χ4v) is 7.33. The van der Waals surface area contributed by atoms with Gasteiger partial charge >= 0.3 is 8.17 Å². The molecule has 0 aliphatic carbocycles. The molecule has 0 aromatic rings. The van der Waals surface area contributed by atoms with E-state index in [2.05, 4.69) is 47.4 Å². The smallest absolute Gasteiger partial charge is 0.377 e. The van der Waals surface area contributed by atoms with Crippen molar-refractivity contribution in [2.24, 2.45) is 0 Å². The fraction of sp³-hybridized carbons (Fsp3) is 0.843. The number of hydrogen-bond donors (Lipinski definition) is 2. The van der Waals surface area contributed by atoms with E-state index in [9.17, 15) is 14.9 Å². The molecule has 1 unspecified atom stereocenters. The summed E-state index contributed by atoms with van der Waals surface area (Å²) in [6, 6.07) is 0. The van der Waals surface area contributed by atoms with Crippen molar-refractivity contribution in [3.05, 3.63) is 0 Å². The van der Waals surface area contributed by atoms with Gasteiger partial charge < -0.3 is 33.4 Å². The van der Waals surface area contributed by atoms with Crippen molar-refractivity contribution in [2.75, 3.05) is 87.1 Å². The summed E-state index contributed by atoms with van der Waals surface area (Å²) >= 11 is 0. The molecule has 3 atom stereocenters. The second-order valence-corrected chi connectivity index (χ2v) is 19.1. The first kappa shape index (κ1) is 58.3. The van der Waals surface area contributed by atoms with Gasteiger partial charge in [-0.25, -0.2) is 0 Å². The Morgan fingerprint density at radius 3 is 1.23 bits per heavy atom. The first-order valence-electron chi connectivity index (χ1n) is 24.5. The third-order valence-corrected chi connectivity index (χ3v) is 11.5. The molecule has 356 valence electrons. The SMILES string of the molecule is C[N+](C)(C)CCO[P+]([O-])(O)OC[C@H]1COCCCCCCCCC#CC#CCCCCCCCCOC[C@H](CO)OCCCCCCCCC#CC#CCCCCCCCCO1. The Morgan fingerprint density at radius 1 is 0.500 bits per heavy atom. The Morgan fingerprint density at radius 2 is 0.839 bits per heavy atom. The van der Waals surface area contributed by atoms with Gasteiger partial charge in [0.2, 0.25) is 0 Å². The van der Waals surface area contributed by atoms with Gasteiger partial charge in [0.25, 0.3) is 0 Å². The summed E-state index contributed by atoms with van der Waals surface area (Å²) in [6.45, 7) is 4.02. The molecule has 2 N–H and O–H groups in total. The summed E-state index contributed by atoms with van der Waals surface area (Å²) in [7, 11) is 1.82. The average Bonchev–Trinajstić information content (AvgIpc) is 3.24. The lowest BCUT2D eigenvalue weighted by Crippen LogP contribution is -2.38. The molecule has 1 aliphatic rings. The van der Waals surface area contributed by atoms with E-state index in [4.69, 9.17) is 28.0 Å². The zero-order valence-corrected chi connectivity index (χ0v) is 40.6. The fourth-order valence-electron chi connectivity index (χ4n) is 6.59. The maximum Gasteiger partial charge on any atom is 0.377 e. The molecule has 1 aliphatic heterocycles. The van der Waals surface area contributed by atoms with Crippen molar-refractivity contribution in [1.82, 2.24) is 0 Å². The summed E-state index contributed by atoms with van der Waals surface area (Å²) in [5.41, 5.74) is 0. The molecule has 11 heteroatoms. The molecule has 0 aromatic heterocycles. The maximum absolute atomic E-state index is 12.5. The third kappa shape index (κ3) is 43.5. The standard InChI is InChI=1S/C51H88NO9P/c1-52(2,3)40-45-60-62(54,55)61-49-51-48-57-42-37-33-29-25-21-17-13-9-5-4-8-12-16-20-24-28-32-36-41-56-47-50(46-53)58-43-38-34-30-26-22-18-14-10-6-7-11-15-19-23-27-31-35-39-44-59-51/h50-51,53H,12-49H2,1-3H3/p+1/t50-,51+/m0/s1. The number of hydrogen-bond acceptors (Lipinski definition) is 9. The minimum absolute atomic E-state index is 0.00376. The summed E-state index contributed by atoms with van der Waals surface area (Å²) in [5, 5.41) is 9.66. The van der Waals surface area contributed by atoms with Gasteiger partial charge in [0, 0.05) is 52.1 Å². The van der Waals surface area contributed by atoms with Gasteiger partial charge in [-0.05, 0) is 75.0 Å². The summed E-state index contributed by atoms with van der Waals surface area (Å²) in [6.07, 6.45) is 30.0. The predicted molar refractivity (Wildman–Crippen MR) is 253 cm³/mol. The Bertz CT molecular complexity index is 1280. The van der Waals surface area contributed by atoms with E-state index in [0.29, 0.717) is 44.1 Å². The van der Waals surface area contributed by atoms with Crippen molar-refractivity contribution >= 4 is 8.17 Å². The van der Waals surface area contributed by atoms with E-state index in [1.165, 1.54) is 51.4 Å². The highest BCUT2D eigenvalue weighted by atomic mass is 31.2. The van der Waals surface area contributed by atoms with E-state index in [1.807, 2.05) is 21.1 Å². The van der Waals surface area contributed by atoms with Gasteiger partial charge in [0.05, 0.1) is 41.0 Å². The van der Waals surface area contributed by atoms with E-state index < -0.39 is 14.3 Å². The van der Waals surface area contributed by atoms with Gasteiger partial charge in [0.1, 0.15) is 32.0 Å². The molecule has 0 bridgehead atoms. The van der Waals surface area contributed by atoms with Crippen LogP contribution in [-0.4, -0.2) is 114 Å². The molecule has 0 amide bonds. The molecule has 0 radical (unpaired) electrons. The zero-order valence-electron chi connectivity index (χ0n) is 39.7. The van der Waals surface area contributed by atoms with E-state index in [0.717, 1.165) is 135 Å². The Kier molecular flexibility index (Phi) is 40.6. The molecular formula is C51H89NO9P+. The summed E-state index contributed by atoms with van der Waals surface area (Å²) in [5.74, 6) is 24.9. The van der Waals surface area contributed by atoms with Crippen LogP contribution in [0.5, 0.6) is 0 Å². The quantitative estimate of drug-likeness (QED) is 0.140. The number of likely N-dealkylation sites (N-methyl/N-ethyl adjacent to an activating group) is 1. The van der Waals surface area contributed by atoms with Crippen LogP contribution < -0.4 is 4.89 Å². The highest BCUT2D eigenvalue weighted by Gasteiger charge is 2.30. The lowest BCUT2D eigenvalue weighted by Gasteiger charge is -2.26. The second kappa shape index (κ2) is 43.2. The van der Waals surface area contributed by atoms with Gasteiger partial charge in [-0.1, -0.05) is 126 Å². The van der Waals surface area contributed by atoms with Gasteiger partial charge in [0.15, 0.2) is 0 Å². The molecule has 0 fully saturated rings. The maximum atomic E-state index is 12.5. The second-order valence-electron chi connectivity index (χ2n) is 17.6. The molecule has 0 aromatic carbocycles. The van der Waals surface area contributed by atoms with E-state index in [-0.39, 0.29) is 25.9 Å².